The molecule has 1 aromatic carbocycles. The summed E-state index contributed by atoms with van der Waals surface area (Å²) in [5.74, 6) is 0.326. The molecule has 0 unspecified atom stereocenters. The first-order chi connectivity index (χ1) is 6.24. The molecule has 0 amide bonds. The van der Waals surface area contributed by atoms with Crippen molar-refractivity contribution in [3.63, 3.8) is 0 Å². The highest BCUT2D eigenvalue weighted by molar-refractivity contribution is 5.63. The first-order valence-electron chi connectivity index (χ1n) is 4.70. The summed E-state index contributed by atoms with van der Waals surface area (Å²) in [6, 6.07) is 7.32. The van der Waals surface area contributed by atoms with Crippen LogP contribution in [0.1, 0.15) is 32.3 Å². The molecule has 13 heavy (non-hydrogen) atoms. The maximum Gasteiger partial charge on any atom is 0.115 e. The summed E-state index contributed by atoms with van der Waals surface area (Å²) in [6.45, 7) is 4.27. The minimum atomic E-state index is 0.326. The van der Waals surface area contributed by atoms with E-state index in [1.807, 2.05) is 12.1 Å². The van der Waals surface area contributed by atoms with Crippen LogP contribution in [0.2, 0.25) is 0 Å². The molecular formula is C12H16O. The van der Waals surface area contributed by atoms with Crippen molar-refractivity contribution in [1.82, 2.24) is 0 Å². The van der Waals surface area contributed by atoms with Gasteiger partial charge in [-0.25, -0.2) is 0 Å². The SMILES string of the molecule is CCCC=C(C)c1ccc(O)cc1. The lowest BCUT2D eigenvalue weighted by Crippen LogP contribution is -1.78. The maximum absolute atomic E-state index is 9.10. The van der Waals surface area contributed by atoms with E-state index < -0.39 is 0 Å². The Hall–Kier alpha value is -1.24. The van der Waals surface area contributed by atoms with Gasteiger partial charge in [0, 0.05) is 0 Å². The number of unbranched alkanes of at least 4 members (excludes halogenated alkanes) is 1. The lowest BCUT2D eigenvalue weighted by molar-refractivity contribution is 0.475. The molecule has 0 aliphatic carbocycles. The molecule has 0 aromatic heterocycles. The number of benzene rings is 1. The van der Waals surface area contributed by atoms with Gasteiger partial charge in [0.1, 0.15) is 5.75 Å². The van der Waals surface area contributed by atoms with Gasteiger partial charge in [0.15, 0.2) is 0 Å². The second-order valence-electron chi connectivity index (χ2n) is 3.22. The Bertz CT molecular complexity index is 282. The first-order valence-corrected chi connectivity index (χ1v) is 4.70. The van der Waals surface area contributed by atoms with Crippen LogP contribution < -0.4 is 0 Å². The third-order valence-electron chi connectivity index (χ3n) is 2.06. The standard InChI is InChI=1S/C12H16O/c1-3-4-5-10(2)11-6-8-12(13)9-7-11/h5-9,13H,3-4H2,1-2H3. The third-order valence-corrected chi connectivity index (χ3v) is 2.06. The predicted molar refractivity (Wildman–Crippen MR) is 56.7 cm³/mol. The summed E-state index contributed by atoms with van der Waals surface area (Å²) in [7, 11) is 0. The van der Waals surface area contributed by atoms with Gasteiger partial charge in [-0.1, -0.05) is 31.6 Å². The topological polar surface area (TPSA) is 20.2 Å². The summed E-state index contributed by atoms with van der Waals surface area (Å²) < 4.78 is 0. The highest BCUT2D eigenvalue weighted by Gasteiger charge is 1.94. The van der Waals surface area contributed by atoms with Gasteiger partial charge in [0.2, 0.25) is 0 Å². The summed E-state index contributed by atoms with van der Waals surface area (Å²) in [4.78, 5) is 0. The van der Waals surface area contributed by atoms with Crippen LogP contribution in [-0.2, 0) is 0 Å². The van der Waals surface area contributed by atoms with Crippen LogP contribution in [0.5, 0.6) is 5.75 Å². The van der Waals surface area contributed by atoms with Crippen molar-refractivity contribution >= 4 is 5.57 Å². The van der Waals surface area contributed by atoms with Crippen molar-refractivity contribution in [2.45, 2.75) is 26.7 Å². The quantitative estimate of drug-likeness (QED) is 0.746. The molecule has 0 atom stereocenters. The van der Waals surface area contributed by atoms with E-state index in [1.54, 1.807) is 12.1 Å². The minimum absolute atomic E-state index is 0.326. The Balaban J connectivity index is 2.77. The monoisotopic (exact) mass is 176 g/mol. The van der Waals surface area contributed by atoms with Gasteiger partial charge in [0.25, 0.3) is 0 Å². The van der Waals surface area contributed by atoms with E-state index in [4.69, 9.17) is 5.11 Å². The van der Waals surface area contributed by atoms with Crippen molar-refractivity contribution in [2.75, 3.05) is 0 Å². The molecule has 1 rings (SSSR count). The van der Waals surface area contributed by atoms with E-state index in [9.17, 15) is 0 Å². The zero-order valence-electron chi connectivity index (χ0n) is 8.25. The van der Waals surface area contributed by atoms with Gasteiger partial charge in [-0.05, 0) is 36.6 Å². The van der Waals surface area contributed by atoms with E-state index in [1.165, 1.54) is 17.6 Å². The molecule has 0 saturated heterocycles. The lowest BCUT2D eigenvalue weighted by Gasteiger charge is -2.01. The van der Waals surface area contributed by atoms with Crippen molar-refractivity contribution in [2.24, 2.45) is 0 Å². The molecule has 70 valence electrons. The first kappa shape index (κ1) is 9.85. The van der Waals surface area contributed by atoms with E-state index in [0.717, 1.165) is 6.42 Å². The molecule has 1 N–H and O–H groups in total. The van der Waals surface area contributed by atoms with Crippen LogP contribution in [-0.4, -0.2) is 5.11 Å². The van der Waals surface area contributed by atoms with Crippen LogP contribution in [0.4, 0.5) is 0 Å². The molecule has 1 nitrogen and oxygen atoms in total. The molecule has 1 heteroatoms. The Morgan fingerprint density at radius 3 is 2.46 bits per heavy atom. The highest BCUT2D eigenvalue weighted by atomic mass is 16.3. The summed E-state index contributed by atoms with van der Waals surface area (Å²) in [6.07, 6.45) is 4.52. The average molecular weight is 176 g/mol. The number of rotatable bonds is 3. The molecule has 0 radical (unpaired) electrons. The van der Waals surface area contributed by atoms with Gasteiger partial charge in [-0.15, -0.1) is 0 Å². The molecule has 0 aliphatic heterocycles. The van der Waals surface area contributed by atoms with Crippen LogP contribution >= 0.6 is 0 Å². The minimum Gasteiger partial charge on any atom is -0.508 e. The van der Waals surface area contributed by atoms with E-state index in [2.05, 4.69) is 19.9 Å². The van der Waals surface area contributed by atoms with Crippen LogP contribution in [0.3, 0.4) is 0 Å². The van der Waals surface area contributed by atoms with Crippen molar-refractivity contribution in [3.8, 4) is 5.75 Å². The molecule has 0 heterocycles. The number of phenols is 1. The zero-order chi connectivity index (χ0) is 9.68. The van der Waals surface area contributed by atoms with Crippen molar-refractivity contribution in [1.29, 1.82) is 0 Å². The van der Waals surface area contributed by atoms with Gasteiger partial charge in [-0.2, -0.15) is 0 Å². The average Bonchev–Trinajstić information content (AvgIpc) is 2.15. The maximum atomic E-state index is 9.10. The number of hydrogen-bond acceptors (Lipinski definition) is 1. The summed E-state index contributed by atoms with van der Waals surface area (Å²) in [5.41, 5.74) is 2.47. The number of allylic oxidation sites excluding steroid dienone is 2. The fourth-order valence-corrected chi connectivity index (χ4v) is 1.20. The second kappa shape index (κ2) is 4.70. The van der Waals surface area contributed by atoms with E-state index in [-0.39, 0.29) is 0 Å². The molecule has 0 fully saturated rings. The fraction of sp³-hybridized carbons (Fsp3) is 0.333. The van der Waals surface area contributed by atoms with Crippen LogP contribution in [0.25, 0.3) is 5.57 Å². The fourth-order valence-electron chi connectivity index (χ4n) is 1.20. The van der Waals surface area contributed by atoms with Gasteiger partial charge in [0.05, 0.1) is 0 Å². The van der Waals surface area contributed by atoms with Gasteiger partial charge >= 0.3 is 0 Å². The molecule has 0 bridgehead atoms. The Labute approximate surface area is 79.7 Å². The molecule has 0 saturated carbocycles. The summed E-state index contributed by atoms with van der Waals surface area (Å²) >= 11 is 0. The molecule has 1 aromatic rings. The Morgan fingerprint density at radius 2 is 1.92 bits per heavy atom. The number of aromatic hydroxyl groups is 1. The lowest BCUT2D eigenvalue weighted by atomic mass is 10.1. The summed E-state index contributed by atoms with van der Waals surface area (Å²) in [5, 5.41) is 9.10. The predicted octanol–water partition coefficient (Wildman–Crippen LogP) is 3.60. The van der Waals surface area contributed by atoms with Crippen LogP contribution in [0.15, 0.2) is 30.3 Å². The van der Waals surface area contributed by atoms with Gasteiger partial charge < -0.3 is 5.11 Å². The highest BCUT2D eigenvalue weighted by Crippen LogP contribution is 2.17. The molecular weight excluding hydrogens is 160 g/mol. The Kier molecular flexibility index (Phi) is 3.56. The normalized spacial score (nSPS) is 11.7. The van der Waals surface area contributed by atoms with Gasteiger partial charge in [-0.3, -0.25) is 0 Å². The Morgan fingerprint density at radius 1 is 1.31 bits per heavy atom. The largest absolute Gasteiger partial charge is 0.508 e. The number of phenolic OH excluding ortho intramolecular Hbond substituents is 1. The zero-order valence-corrected chi connectivity index (χ0v) is 8.25. The smallest absolute Gasteiger partial charge is 0.115 e. The third kappa shape index (κ3) is 2.94. The van der Waals surface area contributed by atoms with E-state index >= 15 is 0 Å². The van der Waals surface area contributed by atoms with Crippen molar-refractivity contribution < 1.29 is 5.11 Å². The second-order valence-corrected chi connectivity index (χ2v) is 3.22. The molecule has 0 spiro atoms. The van der Waals surface area contributed by atoms with Crippen LogP contribution in [0, 0.1) is 0 Å². The molecule has 0 aliphatic rings. The van der Waals surface area contributed by atoms with Crippen molar-refractivity contribution in [3.05, 3.63) is 35.9 Å². The van der Waals surface area contributed by atoms with E-state index in [0.29, 0.717) is 5.75 Å². The number of hydrogen-bond donors (Lipinski definition) is 1.